The van der Waals surface area contributed by atoms with Gasteiger partial charge in [0.15, 0.2) is 0 Å². The first-order valence-electron chi connectivity index (χ1n) is 11.1. The van der Waals surface area contributed by atoms with Crippen molar-refractivity contribution in [3.8, 4) is 11.1 Å². The first-order chi connectivity index (χ1) is 16.6. The average Bonchev–Trinajstić information content (AvgIpc) is 3.32. The summed E-state index contributed by atoms with van der Waals surface area (Å²) < 4.78 is 0. The molecule has 1 unspecified atom stereocenters. The van der Waals surface area contributed by atoms with Crippen LogP contribution in [-0.2, 0) is 9.63 Å². The van der Waals surface area contributed by atoms with E-state index in [0.29, 0.717) is 16.8 Å². The topological polar surface area (TPSA) is 91.2 Å². The highest BCUT2D eigenvalue weighted by Gasteiger charge is 2.38. The number of likely N-dealkylation sites (tertiary alicyclic amines) is 1. The number of rotatable bonds is 7. The van der Waals surface area contributed by atoms with E-state index in [4.69, 9.17) is 4.84 Å². The number of hydrogen-bond donors (Lipinski definition) is 2. The van der Waals surface area contributed by atoms with Crippen LogP contribution in [0.3, 0.4) is 0 Å². The largest absolute Gasteiger partial charge is 0.399 e. The molecule has 7 nitrogen and oxygen atoms in total. The van der Waals surface area contributed by atoms with Gasteiger partial charge in [-0.05, 0) is 28.8 Å². The fourth-order valence-electron chi connectivity index (χ4n) is 4.06. The maximum Gasteiger partial charge on any atom is 0.254 e. The van der Waals surface area contributed by atoms with E-state index in [0.717, 1.165) is 11.1 Å². The van der Waals surface area contributed by atoms with Gasteiger partial charge >= 0.3 is 0 Å². The summed E-state index contributed by atoms with van der Waals surface area (Å²) in [7, 11) is 1.44. The molecule has 34 heavy (non-hydrogen) atoms. The fraction of sp³-hybridized carbons (Fsp3) is 0.222. The summed E-state index contributed by atoms with van der Waals surface area (Å²) in [6.45, 7) is 0.246. The summed E-state index contributed by atoms with van der Waals surface area (Å²) in [6.07, 6.45) is -0.567. The molecule has 1 saturated heterocycles. The molecule has 1 heterocycles. The Morgan fingerprint density at radius 2 is 1.62 bits per heavy atom. The SMILES string of the molecule is CO/N=C1/C[C@@H](C(=O)NCC(O)c2ccccc2)N(C(=O)c2ccc(-c3ccccc3)cc2)C1. The molecule has 1 aliphatic heterocycles. The third kappa shape index (κ3) is 5.32. The predicted molar refractivity (Wildman–Crippen MR) is 130 cm³/mol. The van der Waals surface area contributed by atoms with Crippen LogP contribution in [0.5, 0.6) is 0 Å². The average molecular weight is 458 g/mol. The lowest BCUT2D eigenvalue weighted by Crippen LogP contribution is -2.46. The lowest BCUT2D eigenvalue weighted by molar-refractivity contribution is -0.125. The van der Waals surface area contributed by atoms with Crippen LogP contribution in [-0.4, -0.2) is 53.8 Å². The molecule has 0 aliphatic carbocycles. The van der Waals surface area contributed by atoms with Crippen LogP contribution in [0.25, 0.3) is 11.1 Å². The standard InChI is InChI=1S/C27H27N3O4/c1-34-29-23-16-24(26(32)28-17-25(31)21-10-6-3-7-11-21)30(18-23)27(33)22-14-12-20(13-15-22)19-8-4-2-5-9-19/h2-15,24-25,31H,16-18H2,1H3,(H,28,32)/b29-23-/t24-,25?/m0/s1. The van der Waals surface area contributed by atoms with E-state index in [9.17, 15) is 14.7 Å². The summed E-state index contributed by atoms with van der Waals surface area (Å²) in [5.74, 6) is -0.602. The highest BCUT2D eigenvalue weighted by molar-refractivity contribution is 6.05. The molecule has 174 valence electrons. The Morgan fingerprint density at radius 3 is 2.26 bits per heavy atom. The second kappa shape index (κ2) is 10.8. The molecular weight excluding hydrogens is 430 g/mol. The number of nitrogens with one attached hydrogen (secondary N) is 1. The van der Waals surface area contributed by atoms with E-state index >= 15 is 0 Å². The van der Waals surface area contributed by atoms with Gasteiger partial charge in [0, 0.05) is 18.5 Å². The molecule has 0 bridgehead atoms. The van der Waals surface area contributed by atoms with Crippen molar-refractivity contribution in [3.63, 3.8) is 0 Å². The monoisotopic (exact) mass is 457 g/mol. The van der Waals surface area contributed by atoms with E-state index in [1.165, 1.54) is 12.0 Å². The molecule has 2 atom stereocenters. The third-order valence-electron chi connectivity index (χ3n) is 5.83. The minimum absolute atomic E-state index is 0.0455. The van der Waals surface area contributed by atoms with Gasteiger partial charge in [0.05, 0.1) is 18.4 Å². The number of hydrogen-bond acceptors (Lipinski definition) is 5. The van der Waals surface area contributed by atoms with Crippen molar-refractivity contribution in [2.24, 2.45) is 5.16 Å². The fourth-order valence-corrected chi connectivity index (χ4v) is 4.06. The number of carbonyl (C=O) groups excluding carboxylic acids is 2. The maximum atomic E-state index is 13.3. The first kappa shape index (κ1) is 23.2. The molecule has 0 saturated carbocycles. The predicted octanol–water partition coefficient (Wildman–Crippen LogP) is 3.42. The zero-order valence-electron chi connectivity index (χ0n) is 18.9. The van der Waals surface area contributed by atoms with Crippen molar-refractivity contribution >= 4 is 17.5 Å². The van der Waals surface area contributed by atoms with Crippen molar-refractivity contribution in [3.05, 3.63) is 96.1 Å². The number of aliphatic hydroxyl groups excluding tert-OH is 1. The van der Waals surface area contributed by atoms with Crippen LogP contribution in [0.2, 0.25) is 0 Å². The van der Waals surface area contributed by atoms with E-state index in [1.807, 2.05) is 60.7 Å². The molecule has 0 radical (unpaired) electrons. The Balaban J connectivity index is 1.47. The number of carbonyl (C=O) groups is 2. The van der Waals surface area contributed by atoms with E-state index in [1.54, 1.807) is 24.3 Å². The normalized spacial score (nSPS) is 17.4. The van der Waals surface area contributed by atoms with Crippen molar-refractivity contribution in [2.45, 2.75) is 18.6 Å². The Morgan fingerprint density at radius 1 is 1.00 bits per heavy atom. The van der Waals surface area contributed by atoms with Crippen LogP contribution in [0, 0.1) is 0 Å². The van der Waals surface area contributed by atoms with Gasteiger partial charge in [0.25, 0.3) is 5.91 Å². The Hall–Kier alpha value is -3.97. The van der Waals surface area contributed by atoms with Gasteiger partial charge in [0.1, 0.15) is 13.2 Å². The number of amides is 2. The van der Waals surface area contributed by atoms with Crippen molar-refractivity contribution in [2.75, 3.05) is 20.2 Å². The summed E-state index contributed by atoms with van der Waals surface area (Å²) in [4.78, 5) is 32.7. The van der Waals surface area contributed by atoms with E-state index in [-0.39, 0.29) is 31.3 Å². The van der Waals surface area contributed by atoms with Gasteiger partial charge in [-0.3, -0.25) is 9.59 Å². The third-order valence-corrected chi connectivity index (χ3v) is 5.83. The van der Waals surface area contributed by atoms with Crippen LogP contribution in [0.4, 0.5) is 0 Å². The lowest BCUT2D eigenvalue weighted by atomic mass is 10.0. The zero-order valence-corrected chi connectivity index (χ0v) is 18.9. The van der Waals surface area contributed by atoms with Crippen LogP contribution < -0.4 is 5.32 Å². The second-order valence-corrected chi connectivity index (χ2v) is 8.11. The van der Waals surface area contributed by atoms with Gasteiger partial charge in [-0.15, -0.1) is 0 Å². The summed E-state index contributed by atoms with van der Waals surface area (Å²) >= 11 is 0. The van der Waals surface area contributed by atoms with Gasteiger partial charge in [-0.2, -0.15) is 0 Å². The molecule has 3 aromatic carbocycles. The van der Waals surface area contributed by atoms with Crippen LogP contribution >= 0.6 is 0 Å². The number of oxime groups is 1. The molecule has 7 heteroatoms. The molecule has 2 N–H and O–H groups in total. The van der Waals surface area contributed by atoms with Gasteiger partial charge in [-0.1, -0.05) is 78.0 Å². The summed E-state index contributed by atoms with van der Waals surface area (Å²) in [5, 5.41) is 17.1. The summed E-state index contributed by atoms with van der Waals surface area (Å²) in [5.41, 5.74) is 3.87. The molecule has 3 aromatic rings. The second-order valence-electron chi connectivity index (χ2n) is 8.11. The van der Waals surface area contributed by atoms with Crippen molar-refractivity contribution < 1.29 is 19.5 Å². The van der Waals surface area contributed by atoms with E-state index in [2.05, 4.69) is 10.5 Å². The first-order valence-corrected chi connectivity index (χ1v) is 11.1. The van der Waals surface area contributed by atoms with Crippen molar-refractivity contribution in [1.29, 1.82) is 0 Å². The van der Waals surface area contributed by atoms with Crippen LogP contribution in [0.15, 0.2) is 90.1 Å². The summed E-state index contributed by atoms with van der Waals surface area (Å²) in [6, 6.07) is 25.6. The number of benzene rings is 3. The van der Waals surface area contributed by atoms with Crippen molar-refractivity contribution in [1.82, 2.24) is 10.2 Å². The van der Waals surface area contributed by atoms with Gasteiger partial charge in [0.2, 0.25) is 5.91 Å². The van der Waals surface area contributed by atoms with Crippen LogP contribution in [0.1, 0.15) is 28.4 Å². The molecule has 0 aromatic heterocycles. The zero-order chi connectivity index (χ0) is 23.9. The molecule has 2 amide bonds. The van der Waals surface area contributed by atoms with E-state index < -0.39 is 12.1 Å². The smallest absolute Gasteiger partial charge is 0.254 e. The Bertz CT molecular complexity index is 1150. The molecule has 0 spiro atoms. The Kier molecular flexibility index (Phi) is 7.34. The quantitative estimate of drug-likeness (QED) is 0.532. The number of aliphatic hydroxyl groups is 1. The molecule has 4 rings (SSSR count). The molecule has 1 fully saturated rings. The highest BCUT2D eigenvalue weighted by atomic mass is 16.6. The van der Waals surface area contributed by atoms with Gasteiger partial charge < -0.3 is 20.2 Å². The lowest BCUT2D eigenvalue weighted by Gasteiger charge is -2.24. The minimum atomic E-state index is -0.839. The number of nitrogens with zero attached hydrogens (tertiary/aromatic N) is 2. The van der Waals surface area contributed by atoms with Gasteiger partial charge in [-0.25, -0.2) is 0 Å². The maximum absolute atomic E-state index is 13.3. The molecular formula is C27H27N3O4. The highest BCUT2D eigenvalue weighted by Crippen LogP contribution is 2.23. The minimum Gasteiger partial charge on any atom is -0.399 e. The Labute approximate surface area is 198 Å². The molecule has 1 aliphatic rings.